The van der Waals surface area contributed by atoms with E-state index in [-0.39, 0.29) is 11.3 Å². The van der Waals surface area contributed by atoms with Crippen LogP contribution in [-0.4, -0.2) is 17.8 Å². The summed E-state index contributed by atoms with van der Waals surface area (Å²) in [5, 5.41) is 11.0. The summed E-state index contributed by atoms with van der Waals surface area (Å²) in [7, 11) is 0. The zero-order valence-electron chi connectivity index (χ0n) is 12.5. The Kier molecular flexibility index (Phi) is 3.83. The molecule has 3 rings (SSSR count). The third-order valence-electron chi connectivity index (χ3n) is 4.84. The molecule has 2 atom stereocenters. The van der Waals surface area contributed by atoms with Gasteiger partial charge in [-0.2, -0.15) is 0 Å². The molecule has 0 heterocycles. The highest BCUT2D eigenvalue weighted by Crippen LogP contribution is 2.53. The minimum atomic E-state index is -0.424. The normalized spacial score (nSPS) is 19.0. The minimum absolute atomic E-state index is 0.00620. The van der Waals surface area contributed by atoms with Gasteiger partial charge in [-0.15, -0.1) is 0 Å². The maximum Gasteiger partial charge on any atom is 0.0717 e. The van der Waals surface area contributed by atoms with Gasteiger partial charge in [0, 0.05) is 17.9 Å². The van der Waals surface area contributed by atoms with Crippen molar-refractivity contribution in [1.29, 1.82) is 0 Å². The maximum atomic E-state index is 11.0. The summed E-state index contributed by atoms with van der Waals surface area (Å²) in [6.07, 6.45) is 1.66. The Labute approximate surface area is 126 Å². The molecule has 0 bridgehead atoms. The number of hydrogen-bond acceptors (Lipinski definition) is 2. The van der Waals surface area contributed by atoms with Crippen LogP contribution in [-0.2, 0) is 5.41 Å². The molecule has 0 aromatic heterocycles. The number of aliphatic hydroxyl groups excluding tert-OH is 1. The second kappa shape index (κ2) is 5.63. The lowest BCUT2D eigenvalue weighted by Crippen LogP contribution is -2.36. The van der Waals surface area contributed by atoms with Crippen molar-refractivity contribution >= 4 is 0 Å². The van der Waals surface area contributed by atoms with E-state index in [9.17, 15) is 5.11 Å². The number of aliphatic hydroxyl groups is 1. The SMILES string of the molecule is Cc1ccc(C(CN)C(O)C2(c3ccccc3)CC2)cc1. The summed E-state index contributed by atoms with van der Waals surface area (Å²) in [5.41, 5.74) is 9.49. The Hall–Kier alpha value is -1.64. The lowest BCUT2D eigenvalue weighted by molar-refractivity contribution is 0.104. The van der Waals surface area contributed by atoms with E-state index in [1.165, 1.54) is 11.1 Å². The van der Waals surface area contributed by atoms with Crippen LogP contribution in [0.1, 0.15) is 35.4 Å². The van der Waals surface area contributed by atoms with Crippen molar-refractivity contribution in [2.75, 3.05) is 6.54 Å². The third kappa shape index (κ3) is 2.61. The smallest absolute Gasteiger partial charge is 0.0717 e. The number of rotatable bonds is 5. The van der Waals surface area contributed by atoms with Gasteiger partial charge in [-0.3, -0.25) is 0 Å². The average molecular weight is 281 g/mol. The molecular formula is C19H23NO. The van der Waals surface area contributed by atoms with Crippen molar-refractivity contribution in [3.05, 3.63) is 71.3 Å². The minimum Gasteiger partial charge on any atom is -0.392 e. The highest BCUT2D eigenvalue weighted by atomic mass is 16.3. The van der Waals surface area contributed by atoms with Crippen molar-refractivity contribution < 1.29 is 5.11 Å². The maximum absolute atomic E-state index is 11.0. The Balaban J connectivity index is 1.89. The van der Waals surface area contributed by atoms with Crippen molar-refractivity contribution in [1.82, 2.24) is 0 Å². The van der Waals surface area contributed by atoms with E-state index in [0.29, 0.717) is 6.54 Å². The van der Waals surface area contributed by atoms with Crippen LogP contribution in [0.2, 0.25) is 0 Å². The van der Waals surface area contributed by atoms with Gasteiger partial charge >= 0.3 is 0 Å². The van der Waals surface area contributed by atoms with Gasteiger partial charge in [0.2, 0.25) is 0 Å². The topological polar surface area (TPSA) is 46.2 Å². The number of hydrogen-bond donors (Lipinski definition) is 2. The summed E-state index contributed by atoms with van der Waals surface area (Å²) in [5.74, 6) is -0.00620. The molecular weight excluding hydrogens is 258 g/mol. The highest BCUT2D eigenvalue weighted by Gasteiger charge is 2.52. The van der Waals surface area contributed by atoms with Crippen LogP contribution < -0.4 is 5.73 Å². The van der Waals surface area contributed by atoms with Gasteiger partial charge in [0.25, 0.3) is 0 Å². The fraction of sp³-hybridized carbons (Fsp3) is 0.368. The first-order valence-corrected chi connectivity index (χ1v) is 7.67. The summed E-state index contributed by atoms with van der Waals surface area (Å²) >= 11 is 0. The standard InChI is InChI=1S/C19H23NO/c1-14-7-9-15(10-8-14)17(13-20)18(21)19(11-12-19)16-5-3-2-4-6-16/h2-10,17-18,21H,11-13,20H2,1H3. The Bertz CT molecular complexity index is 587. The first-order chi connectivity index (χ1) is 10.2. The molecule has 1 aliphatic rings. The second-order valence-electron chi connectivity index (χ2n) is 6.22. The van der Waals surface area contributed by atoms with Gasteiger partial charge in [-0.05, 0) is 30.9 Å². The molecule has 2 nitrogen and oxygen atoms in total. The predicted octanol–water partition coefficient (Wildman–Crippen LogP) is 3.13. The molecule has 2 heteroatoms. The monoisotopic (exact) mass is 281 g/mol. The van der Waals surface area contributed by atoms with Crippen LogP contribution in [0, 0.1) is 6.92 Å². The molecule has 2 aromatic rings. The molecule has 0 aliphatic heterocycles. The van der Waals surface area contributed by atoms with Crippen LogP contribution in [0.25, 0.3) is 0 Å². The number of aryl methyl sites for hydroxylation is 1. The molecule has 0 amide bonds. The molecule has 1 fully saturated rings. The van der Waals surface area contributed by atoms with Gasteiger partial charge < -0.3 is 10.8 Å². The largest absolute Gasteiger partial charge is 0.392 e. The van der Waals surface area contributed by atoms with Gasteiger partial charge in [-0.25, -0.2) is 0 Å². The molecule has 3 N–H and O–H groups in total. The zero-order valence-corrected chi connectivity index (χ0v) is 12.5. The van der Waals surface area contributed by atoms with Gasteiger partial charge in [0.15, 0.2) is 0 Å². The predicted molar refractivity (Wildman–Crippen MR) is 86.3 cm³/mol. The molecule has 1 aliphatic carbocycles. The molecule has 21 heavy (non-hydrogen) atoms. The van der Waals surface area contributed by atoms with Crippen LogP contribution in [0.5, 0.6) is 0 Å². The van der Waals surface area contributed by atoms with Crippen LogP contribution in [0.15, 0.2) is 54.6 Å². The van der Waals surface area contributed by atoms with Crippen molar-refractivity contribution in [2.45, 2.75) is 37.2 Å². The number of nitrogens with two attached hydrogens (primary N) is 1. The quantitative estimate of drug-likeness (QED) is 0.884. The van der Waals surface area contributed by atoms with E-state index in [0.717, 1.165) is 18.4 Å². The van der Waals surface area contributed by atoms with Gasteiger partial charge in [-0.1, -0.05) is 60.2 Å². The molecule has 0 saturated heterocycles. The molecule has 0 radical (unpaired) electrons. The van der Waals surface area contributed by atoms with Crippen molar-refractivity contribution in [2.24, 2.45) is 5.73 Å². The van der Waals surface area contributed by atoms with E-state index < -0.39 is 6.10 Å². The highest BCUT2D eigenvalue weighted by molar-refractivity contribution is 5.36. The lowest BCUT2D eigenvalue weighted by Gasteiger charge is -2.30. The molecule has 110 valence electrons. The Morgan fingerprint density at radius 2 is 1.67 bits per heavy atom. The van der Waals surface area contributed by atoms with Gasteiger partial charge in [0.1, 0.15) is 0 Å². The van der Waals surface area contributed by atoms with E-state index in [4.69, 9.17) is 5.73 Å². The summed E-state index contributed by atoms with van der Waals surface area (Å²) < 4.78 is 0. The van der Waals surface area contributed by atoms with Gasteiger partial charge in [0.05, 0.1) is 6.10 Å². The fourth-order valence-electron chi connectivity index (χ4n) is 3.31. The fourth-order valence-corrected chi connectivity index (χ4v) is 3.31. The average Bonchev–Trinajstić information content (AvgIpc) is 3.32. The van der Waals surface area contributed by atoms with Crippen LogP contribution in [0.4, 0.5) is 0 Å². The summed E-state index contributed by atoms with van der Waals surface area (Å²) in [6, 6.07) is 18.7. The molecule has 1 saturated carbocycles. The van der Waals surface area contributed by atoms with E-state index in [1.807, 2.05) is 18.2 Å². The first-order valence-electron chi connectivity index (χ1n) is 7.67. The Morgan fingerprint density at radius 3 is 2.19 bits per heavy atom. The first kappa shape index (κ1) is 14.3. The molecule has 2 unspecified atom stereocenters. The van der Waals surface area contributed by atoms with E-state index in [1.54, 1.807) is 0 Å². The third-order valence-corrected chi connectivity index (χ3v) is 4.84. The van der Waals surface area contributed by atoms with Crippen LogP contribution >= 0.6 is 0 Å². The number of benzene rings is 2. The summed E-state index contributed by atoms with van der Waals surface area (Å²) in [6.45, 7) is 2.54. The van der Waals surface area contributed by atoms with E-state index >= 15 is 0 Å². The van der Waals surface area contributed by atoms with Crippen LogP contribution in [0.3, 0.4) is 0 Å². The lowest BCUT2D eigenvalue weighted by atomic mass is 9.79. The van der Waals surface area contributed by atoms with Crippen molar-refractivity contribution in [3.8, 4) is 0 Å². The molecule has 2 aromatic carbocycles. The van der Waals surface area contributed by atoms with Crippen molar-refractivity contribution in [3.63, 3.8) is 0 Å². The zero-order chi connectivity index (χ0) is 14.9. The molecule has 0 spiro atoms. The second-order valence-corrected chi connectivity index (χ2v) is 6.22. The van der Waals surface area contributed by atoms with E-state index in [2.05, 4.69) is 43.3 Å². The summed E-state index contributed by atoms with van der Waals surface area (Å²) in [4.78, 5) is 0. The Morgan fingerprint density at radius 1 is 1.05 bits per heavy atom.